The van der Waals surface area contributed by atoms with Crippen molar-refractivity contribution in [2.45, 2.75) is 18.4 Å². The van der Waals surface area contributed by atoms with E-state index in [-0.39, 0.29) is 17.0 Å². The number of hydrogen-bond donors (Lipinski definition) is 4. The monoisotopic (exact) mass is 377 g/mol. The number of nitrogens with zero attached hydrogens (tertiary/aromatic N) is 3. The third-order valence-corrected chi connectivity index (χ3v) is 4.72. The van der Waals surface area contributed by atoms with Crippen LogP contribution in [0.2, 0.25) is 0 Å². The van der Waals surface area contributed by atoms with E-state index < -0.39 is 17.3 Å². The number of amides is 1. The first kappa shape index (κ1) is 17.6. The second-order valence-electron chi connectivity index (χ2n) is 6.62. The maximum absolute atomic E-state index is 13.5. The van der Waals surface area contributed by atoms with E-state index in [9.17, 15) is 9.18 Å². The van der Waals surface area contributed by atoms with Crippen LogP contribution in [0.3, 0.4) is 0 Å². The molecule has 0 radical (unpaired) electrons. The average Bonchev–Trinajstić information content (AvgIpc) is 3.35. The van der Waals surface area contributed by atoms with Crippen LogP contribution in [-0.2, 0) is 0 Å². The number of carbonyl (C=O) groups is 1. The highest BCUT2D eigenvalue weighted by atomic mass is 19.1. The predicted octanol–water partition coefficient (Wildman–Crippen LogP) is 2.34. The van der Waals surface area contributed by atoms with E-state index in [1.807, 2.05) is 0 Å². The number of anilines is 1. The minimum atomic E-state index is -0.797. The molecule has 2 aromatic heterocycles. The van der Waals surface area contributed by atoms with Crippen molar-refractivity contribution in [3.8, 4) is 6.07 Å². The molecule has 0 unspecified atom stereocenters. The van der Waals surface area contributed by atoms with Gasteiger partial charge in [-0.25, -0.2) is 14.4 Å². The zero-order valence-corrected chi connectivity index (χ0v) is 14.9. The Balaban J connectivity index is 1.71. The standard InChI is InChI=1S/C19H16FN7O/c1-23-13-6-10(20)2-3-11(13)15(22)14-8-25-17-16(26-14)12(7-24-17)18(28)27-19(9-21)4-5-19/h2-3,6-8,22-23H,4-5H2,1H3,(H,24,25)(H,27,28). The van der Waals surface area contributed by atoms with Gasteiger partial charge in [-0.3, -0.25) is 10.2 Å². The van der Waals surface area contributed by atoms with Crippen LogP contribution in [0.5, 0.6) is 0 Å². The molecule has 8 nitrogen and oxygen atoms in total. The van der Waals surface area contributed by atoms with Crippen molar-refractivity contribution >= 4 is 28.5 Å². The molecule has 1 aromatic carbocycles. The predicted molar refractivity (Wildman–Crippen MR) is 101 cm³/mol. The molecule has 1 amide bonds. The Morgan fingerprint density at radius 2 is 2.18 bits per heavy atom. The molecule has 1 aliphatic carbocycles. The normalized spacial score (nSPS) is 14.3. The Kier molecular flexibility index (Phi) is 4.04. The van der Waals surface area contributed by atoms with Gasteiger partial charge in [0, 0.05) is 24.5 Å². The van der Waals surface area contributed by atoms with Crippen LogP contribution < -0.4 is 10.6 Å². The highest BCUT2D eigenvalue weighted by molar-refractivity contribution is 6.14. The van der Waals surface area contributed by atoms with Crippen LogP contribution in [0.15, 0.2) is 30.6 Å². The van der Waals surface area contributed by atoms with Gasteiger partial charge in [-0.15, -0.1) is 0 Å². The fourth-order valence-electron chi connectivity index (χ4n) is 2.94. The van der Waals surface area contributed by atoms with Crippen molar-refractivity contribution in [3.05, 3.63) is 53.2 Å². The molecule has 0 atom stereocenters. The molecule has 4 N–H and O–H groups in total. The Morgan fingerprint density at radius 1 is 1.39 bits per heavy atom. The summed E-state index contributed by atoms with van der Waals surface area (Å²) in [5.74, 6) is -0.834. The number of aromatic nitrogens is 3. The van der Waals surface area contributed by atoms with Crippen LogP contribution in [-0.4, -0.2) is 39.2 Å². The van der Waals surface area contributed by atoms with Gasteiger partial charge in [0.05, 0.1) is 23.5 Å². The van der Waals surface area contributed by atoms with Crippen molar-refractivity contribution in [1.29, 1.82) is 10.7 Å². The van der Waals surface area contributed by atoms with Crippen LogP contribution in [0, 0.1) is 22.6 Å². The zero-order chi connectivity index (χ0) is 19.9. The van der Waals surface area contributed by atoms with E-state index >= 15 is 0 Å². The van der Waals surface area contributed by atoms with Gasteiger partial charge in [0.15, 0.2) is 5.65 Å². The summed E-state index contributed by atoms with van der Waals surface area (Å²) in [6, 6.07) is 6.16. The van der Waals surface area contributed by atoms with Gasteiger partial charge in [0.1, 0.15) is 22.6 Å². The van der Waals surface area contributed by atoms with E-state index in [1.54, 1.807) is 7.05 Å². The van der Waals surface area contributed by atoms with Gasteiger partial charge >= 0.3 is 0 Å². The van der Waals surface area contributed by atoms with E-state index in [2.05, 4.69) is 31.7 Å². The number of hydrogen-bond acceptors (Lipinski definition) is 6. The van der Waals surface area contributed by atoms with Gasteiger partial charge in [-0.2, -0.15) is 5.26 Å². The number of benzene rings is 1. The summed E-state index contributed by atoms with van der Waals surface area (Å²) < 4.78 is 13.5. The lowest BCUT2D eigenvalue weighted by Gasteiger charge is -2.11. The highest BCUT2D eigenvalue weighted by Crippen LogP contribution is 2.34. The van der Waals surface area contributed by atoms with Crippen LogP contribution in [0.25, 0.3) is 11.2 Å². The number of H-pyrrole nitrogens is 1. The molecule has 2 heterocycles. The first-order chi connectivity index (χ1) is 13.5. The van der Waals surface area contributed by atoms with E-state index in [1.165, 1.54) is 30.6 Å². The first-order valence-electron chi connectivity index (χ1n) is 8.61. The summed E-state index contributed by atoms with van der Waals surface area (Å²) in [6.45, 7) is 0. The fraction of sp³-hybridized carbons (Fsp3) is 0.211. The summed E-state index contributed by atoms with van der Waals surface area (Å²) in [5, 5.41) is 23.2. The lowest BCUT2D eigenvalue weighted by Crippen LogP contribution is -2.35. The Labute approximate surface area is 159 Å². The smallest absolute Gasteiger partial charge is 0.256 e. The maximum Gasteiger partial charge on any atom is 0.256 e. The maximum atomic E-state index is 13.5. The first-order valence-corrected chi connectivity index (χ1v) is 8.61. The lowest BCUT2D eigenvalue weighted by atomic mass is 10.1. The summed E-state index contributed by atoms with van der Waals surface area (Å²) in [4.78, 5) is 24.1. The highest BCUT2D eigenvalue weighted by Gasteiger charge is 2.45. The Bertz CT molecular complexity index is 1160. The molecule has 3 aromatic rings. The molecule has 0 bridgehead atoms. The average molecular weight is 377 g/mol. The van der Waals surface area contributed by atoms with Crippen LogP contribution >= 0.6 is 0 Å². The molecule has 4 rings (SSSR count). The number of rotatable bonds is 5. The van der Waals surface area contributed by atoms with Gasteiger partial charge in [-0.1, -0.05) is 0 Å². The van der Waals surface area contributed by atoms with Crippen molar-refractivity contribution in [3.63, 3.8) is 0 Å². The summed E-state index contributed by atoms with van der Waals surface area (Å²) in [5.41, 5.74) is 1.36. The number of carbonyl (C=O) groups excluding carboxylic acids is 1. The molecule has 28 heavy (non-hydrogen) atoms. The lowest BCUT2D eigenvalue weighted by molar-refractivity contribution is 0.0943. The van der Waals surface area contributed by atoms with Crippen LogP contribution in [0.4, 0.5) is 10.1 Å². The number of nitriles is 1. The SMILES string of the molecule is CNc1cc(F)ccc1C(=N)c1cnc2[nH]cc(C(=O)NC3(C#N)CC3)c2n1. The minimum absolute atomic E-state index is 0.0435. The summed E-state index contributed by atoms with van der Waals surface area (Å²) >= 11 is 0. The van der Waals surface area contributed by atoms with Crippen molar-refractivity contribution in [2.75, 3.05) is 12.4 Å². The third-order valence-electron chi connectivity index (χ3n) is 4.72. The molecule has 1 saturated carbocycles. The number of halogens is 1. The van der Waals surface area contributed by atoms with E-state index in [0.29, 0.717) is 35.3 Å². The molecule has 0 spiro atoms. The van der Waals surface area contributed by atoms with Gasteiger partial charge in [0.2, 0.25) is 0 Å². The van der Waals surface area contributed by atoms with Crippen molar-refractivity contribution < 1.29 is 9.18 Å². The number of fused-ring (bicyclic) bond motifs is 1. The quantitative estimate of drug-likeness (QED) is 0.507. The van der Waals surface area contributed by atoms with Crippen molar-refractivity contribution in [2.24, 2.45) is 0 Å². The molecule has 0 saturated heterocycles. The number of nitrogens with one attached hydrogen (secondary N) is 4. The largest absolute Gasteiger partial charge is 0.387 e. The minimum Gasteiger partial charge on any atom is -0.387 e. The zero-order valence-electron chi connectivity index (χ0n) is 14.9. The molecule has 1 aliphatic rings. The molecule has 140 valence electrons. The Morgan fingerprint density at radius 3 is 2.86 bits per heavy atom. The second kappa shape index (κ2) is 6.42. The molecular formula is C19H16FN7O. The van der Waals surface area contributed by atoms with E-state index in [0.717, 1.165) is 0 Å². The fourth-order valence-corrected chi connectivity index (χ4v) is 2.94. The second-order valence-corrected chi connectivity index (χ2v) is 6.62. The molecular weight excluding hydrogens is 361 g/mol. The third kappa shape index (κ3) is 2.95. The molecule has 1 fully saturated rings. The van der Waals surface area contributed by atoms with Gasteiger partial charge in [-0.05, 0) is 31.0 Å². The topological polar surface area (TPSA) is 130 Å². The number of aromatic amines is 1. The van der Waals surface area contributed by atoms with E-state index in [4.69, 9.17) is 10.7 Å². The van der Waals surface area contributed by atoms with Crippen LogP contribution in [0.1, 0.15) is 34.5 Å². The molecule has 0 aliphatic heterocycles. The summed E-state index contributed by atoms with van der Waals surface area (Å²) in [6.07, 6.45) is 4.15. The Hall–Kier alpha value is -3.80. The molecule has 9 heteroatoms. The van der Waals surface area contributed by atoms with Crippen molar-refractivity contribution in [1.82, 2.24) is 20.3 Å². The summed E-state index contributed by atoms with van der Waals surface area (Å²) in [7, 11) is 1.64. The van der Waals surface area contributed by atoms with Gasteiger partial charge < -0.3 is 15.6 Å². The van der Waals surface area contributed by atoms with Gasteiger partial charge in [0.25, 0.3) is 5.91 Å².